The van der Waals surface area contributed by atoms with Crippen LogP contribution >= 0.6 is 0 Å². The molecule has 1 aromatic carbocycles. The fourth-order valence-corrected chi connectivity index (χ4v) is 2.69. The summed E-state index contributed by atoms with van der Waals surface area (Å²) in [5, 5.41) is 13.0. The number of rotatable bonds is 4. The maximum Gasteiger partial charge on any atom is 0.126 e. The van der Waals surface area contributed by atoms with Crippen LogP contribution in [0.4, 0.5) is 4.39 Å². The zero-order valence-corrected chi connectivity index (χ0v) is 11.0. The van der Waals surface area contributed by atoms with E-state index in [4.69, 9.17) is 0 Å². The van der Waals surface area contributed by atoms with E-state index in [-0.39, 0.29) is 11.9 Å². The third-order valence-electron chi connectivity index (χ3n) is 3.74. The van der Waals surface area contributed by atoms with Gasteiger partial charge in [-0.1, -0.05) is 18.6 Å². The maximum atomic E-state index is 13.1. The van der Waals surface area contributed by atoms with Gasteiger partial charge in [-0.3, -0.25) is 0 Å². The fourth-order valence-electron chi connectivity index (χ4n) is 2.69. The minimum atomic E-state index is -0.144. The van der Waals surface area contributed by atoms with Crippen molar-refractivity contribution in [3.05, 3.63) is 35.1 Å². The Bertz CT molecular complexity index is 394. The molecular weight excluding hydrogens is 229 g/mol. The molecule has 0 saturated heterocycles. The van der Waals surface area contributed by atoms with Crippen molar-refractivity contribution >= 4 is 0 Å². The lowest BCUT2D eigenvalue weighted by molar-refractivity contribution is 0.101. The molecule has 0 bridgehead atoms. The van der Waals surface area contributed by atoms with Crippen molar-refractivity contribution in [3.63, 3.8) is 0 Å². The quantitative estimate of drug-likeness (QED) is 0.862. The molecule has 1 fully saturated rings. The molecule has 0 spiro atoms. The SMILES string of the molecule is Cc1cc(CNCC2CCCC(O)C2)ccc1F. The number of nitrogens with one attached hydrogen (secondary N) is 1. The first-order chi connectivity index (χ1) is 8.65. The van der Waals surface area contributed by atoms with Gasteiger partial charge in [0, 0.05) is 6.54 Å². The minimum absolute atomic E-state index is 0.112. The summed E-state index contributed by atoms with van der Waals surface area (Å²) in [6.07, 6.45) is 4.08. The number of hydrogen-bond acceptors (Lipinski definition) is 2. The van der Waals surface area contributed by atoms with Gasteiger partial charge in [-0.2, -0.15) is 0 Å². The molecule has 2 N–H and O–H groups in total. The van der Waals surface area contributed by atoms with Crippen LogP contribution in [0, 0.1) is 18.7 Å². The smallest absolute Gasteiger partial charge is 0.126 e. The van der Waals surface area contributed by atoms with E-state index in [1.165, 1.54) is 12.5 Å². The van der Waals surface area contributed by atoms with Crippen molar-refractivity contribution in [2.45, 2.75) is 45.3 Å². The van der Waals surface area contributed by atoms with Gasteiger partial charge in [0.25, 0.3) is 0 Å². The predicted octanol–water partition coefficient (Wildman–Crippen LogP) is 2.77. The molecule has 2 atom stereocenters. The maximum absolute atomic E-state index is 13.1. The summed E-state index contributed by atoms with van der Waals surface area (Å²) in [6.45, 7) is 3.50. The predicted molar refractivity (Wildman–Crippen MR) is 70.8 cm³/mol. The molecule has 0 radical (unpaired) electrons. The second kappa shape index (κ2) is 6.30. The molecule has 100 valence electrons. The van der Waals surface area contributed by atoms with E-state index in [2.05, 4.69) is 5.32 Å². The molecule has 0 aliphatic heterocycles. The average Bonchev–Trinajstić information content (AvgIpc) is 2.34. The lowest BCUT2D eigenvalue weighted by Crippen LogP contribution is -2.28. The normalized spacial score (nSPS) is 24.2. The molecule has 3 heteroatoms. The highest BCUT2D eigenvalue weighted by Crippen LogP contribution is 2.23. The van der Waals surface area contributed by atoms with Gasteiger partial charge in [0.1, 0.15) is 5.82 Å². The van der Waals surface area contributed by atoms with Crippen LogP contribution in [0.15, 0.2) is 18.2 Å². The van der Waals surface area contributed by atoms with Crippen LogP contribution in [0.2, 0.25) is 0 Å². The molecule has 1 aliphatic rings. The van der Waals surface area contributed by atoms with Gasteiger partial charge in [0.05, 0.1) is 6.10 Å². The zero-order valence-electron chi connectivity index (χ0n) is 11.0. The lowest BCUT2D eigenvalue weighted by atomic mass is 9.87. The van der Waals surface area contributed by atoms with E-state index in [1.54, 1.807) is 6.92 Å². The van der Waals surface area contributed by atoms with Gasteiger partial charge < -0.3 is 10.4 Å². The van der Waals surface area contributed by atoms with Crippen molar-refractivity contribution in [3.8, 4) is 0 Å². The van der Waals surface area contributed by atoms with E-state index < -0.39 is 0 Å². The Morgan fingerprint density at radius 3 is 2.94 bits per heavy atom. The van der Waals surface area contributed by atoms with E-state index in [0.29, 0.717) is 11.5 Å². The van der Waals surface area contributed by atoms with Crippen LogP contribution in [0.1, 0.15) is 36.8 Å². The number of aryl methyl sites for hydroxylation is 1. The highest BCUT2D eigenvalue weighted by atomic mass is 19.1. The van der Waals surface area contributed by atoms with E-state index in [1.807, 2.05) is 12.1 Å². The van der Waals surface area contributed by atoms with Gasteiger partial charge in [-0.25, -0.2) is 4.39 Å². The third-order valence-corrected chi connectivity index (χ3v) is 3.74. The molecule has 0 heterocycles. The largest absolute Gasteiger partial charge is 0.393 e. The molecule has 1 aliphatic carbocycles. The Labute approximate surface area is 108 Å². The Kier molecular flexibility index (Phi) is 4.72. The molecular formula is C15H22FNO. The Balaban J connectivity index is 1.76. The summed E-state index contributed by atoms with van der Waals surface area (Å²) in [5.41, 5.74) is 1.81. The number of benzene rings is 1. The van der Waals surface area contributed by atoms with E-state index >= 15 is 0 Å². The van der Waals surface area contributed by atoms with Crippen LogP contribution in [-0.2, 0) is 6.54 Å². The molecule has 2 nitrogen and oxygen atoms in total. The second-order valence-corrected chi connectivity index (χ2v) is 5.40. The highest BCUT2D eigenvalue weighted by Gasteiger charge is 2.19. The average molecular weight is 251 g/mol. The van der Waals surface area contributed by atoms with Crippen molar-refractivity contribution in [2.75, 3.05) is 6.54 Å². The monoisotopic (exact) mass is 251 g/mol. The van der Waals surface area contributed by atoms with Gasteiger partial charge in [0.2, 0.25) is 0 Å². The Morgan fingerprint density at radius 2 is 2.22 bits per heavy atom. The first-order valence-corrected chi connectivity index (χ1v) is 6.79. The summed E-state index contributed by atoms with van der Waals surface area (Å²) in [4.78, 5) is 0. The van der Waals surface area contributed by atoms with Crippen LogP contribution in [0.5, 0.6) is 0 Å². The van der Waals surface area contributed by atoms with Crippen molar-refractivity contribution in [1.82, 2.24) is 5.32 Å². The topological polar surface area (TPSA) is 32.3 Å². The van der Waals surface area contributed by atoms with Gasteiger partial charge in [-0.15, -0.1) is 0 Å². The number of aliphatic hydroxyl groups excluding tert-OH is 1. The first kappa shape index (κ1) is 13.5. The van der Waals surface area contributed by atoms with E-state index in [0.717, 1.165) is 37.9 Å². The van der Waals surface area contributed by atoms with Crippen molar-refractivity contribution < 1.29 is 9.50 Å². The lowest BCUT2D eigenvalue weighted by Gasteiger charge is -2.26. The number of hydrogen-bond donors (Lipinski definition) is 2. The molecule has 1 saturated carbocycles. The molecule has 0 amide bonds. The standard InChI is InChI=1S/C15H22FNO/c1-11-7-13(5-6-15(11)16)10-17-9-12-3-2-4-14(18)8-12/h5-7,12,14,17-18H,2-4,8-10H2,1H3. The second-order valence-electron chi connectivity index (χ2n) is 5.40. The molecule has 2 unspecified atom stereocenters. The summed E-state index contributed by atoms with van der Waals surface area (Å²) in [5.74, 6) is 0.435. The molecule has 0 aromatic heterocycles. The number of halogens is 1. The van der Waals surface area contributed by atoms with Gasteiger partial charge in [-0.05, 0) is 55.8 Å². The zero-order chi connectivity index (χ0) is 13.0. The van der Waals surface area contributed by atoms with E-state index in [9.17, 15) is 9.50 Å². The summed E-state index contributed by atoms with van der Waals surface area (Å²) in [6, 6.07) is 5.24. The Morgan fingerprint density at radius 1 is 1.39 bits per heavy atom. The van der Waals surface area contributed by atoms with Crippen LogP contribution in [0.3, 0.4) is 0 Å². The van der Waals surface area contributed by atoms with Crippen LogP contribution in [-0.4, -0.2) is 17.8 Å². The van der Waals surface area contributed by atoms with Crippen LogP contribution < -0.4 is 5.32 Å². The van der Waals surface area contributed by atoms with Gasteiger partial charge >= 0.3 is 0 Å². The summed E-state index contributed by atoms with van der Waals surface area (Å²) < 4.78 is 13.1. The Hall–Kier alpha value is -0.930. The fraction of sp³-hybridized carbons (Fsp3) is 0.600. The molecule has 2 rings (SSSR count). The molecule has 18 heavy (non-hydrogen) atoms. The minimum Gasteiger partial charge on any atom is -0.393 e. The highest BCUT2D eigenvalue weighted by molar-refractivity contribution is 5.23. The van der Waals surface area contributed by atoms with Crippen molar-refractivity contribution in [1.29, 1.82) is 0 Å². The molecule has 1 aromatic rings. The summed E-state index contributed by atoms with van der Waals surface area (Å²) in [7, 11) is 0. The first-order valence-electron chi connectivity index (χ1n) is 6.79. The third kappa shape index (κ3) is 3.79. The summed E-state index contributed by atoms with van der Waals surface area (Å²) >= 11 is 0. The van der Waals surface area contributed by atoms with Gasteiger partial charge in [0.15, 0.2) is 0 Å². The van der Waals surface area contributed by atoms with Crippen LogP contribution in [0.25, 0.3) is 0 Å². The van der Waals surface area contributed by atoms with Crippen molar-refractivity contribution in [2.24, 2.45) is 5.92 Å². The number of aliphatic hydroxyl groups is 1.